The number of nitrogens with zero attached hydrogens (tertiary/aromatic N) is 2. The van der Waals surface area contributed by atoms with E-state index in [1.807, 2.05) is 12.3 Å². The fourth-order valence-corrected chi connectivity index (χ4v) is 2.10. The van der Waals surface area contributed by atoms with Crippen molar-refractivity contribution in [3.63, 3.8) is 0 Å². The van der Waals surface area contributed by atoms with Crippen molar-refractivity contribution in [1.29, 1.82) is 0 Å². The van der Waals surface area contributed by atoms with E-state index < -0.39 is 6.09 Å². The molecule has 1 aliphatic rings. The summed E-state index contributed by atoms with van der Waals surface area (Å²) in [5.41, 5.74) is 7.45. The van der Waals surface area contributed by atoms with Gasteiger partial charge in [-0.2, -0.15) is 0 Å². The van der Waals surface area contributed by atoms with Gasteiger partial charge in [0.1, 0.15) is 0 Å². The summed E-state index contributed by atoms with van der Waals surface area (Å²) in [7, 11) is 0. The molecule has 0 spiro atoms. The number of piperidine rings is 1. The quantitative estimate of drug-likeness (QED) is 0.753. The fraction of sp³-hybridized carbons (Fsp3) is 0.455. The van der Waals surface area contributed by atoms with Crippen LogP contribution in [0.5, 0.6) is 0 Å². The molecular weight excluding hydrogens is 206 g/mol. The van der Waals surface area contributed by atoms with Crippen LogP contribution < -0.4 is 5.73 Å². The number of hydrogen-bond acceptors (Lipinski definition) is 3. The zero-order valence-electron chi connectivity index (χ0n) is 8.97. The number of rotatable bonds is 1. The number of pyridine rings is 1. The lowest BCUT2D eigenvalue weighted by Crippen LogP contribution is -2.36. The van der Waals surface area contributed by atoms with E-state index in [4.69, 9.17) is 10.8 Å². The Bertz CT molecular complexity index is 387. The number of anilines is 1. The van der Waals surface area contributed by atoms with Crippen LogP contribution in [0.2, 0.25) is 0 Å². The van der Waals surface area contributed by atoms with Crippen LogP contribution in [-0.2, 0) is 0 Å². The predicted molar refractivity (Wildman–Crippen MR) is 60.2 cm³/mol. The number of nitrogen functional groups attached to an aromatic ring is 1. The molecule has 0 atom stereocenters. The maximum absolute atomic E-state index is 10.7. The van der Waals surface area contributed by atoms with Crippen molar-refractivity contribution >= 4 is 11.8 Å². The van der Waals surface area contributed by atoms with E-state index in [9.17, 15) is 4.79 Å². The number of likely N-dealkylation sites (tertiary alicyclic amines) is 1. The van der Waals surface area contributed by atoms with Crippen molar-refractivity contribution in [2.45, 2.75) is 18.8 Å². The van der Waals surface area contributed by atoms with Gasteiger partial charge in [-0.05, 0) is 30.4 Å². The van der Waals surface area contributed by atoms with E-state index in [-0.39, 0.29) is 0 Å². The molecule has 0 radical (unpaired) electrons. The van der Waals surface area contributed by atoms with Crippen LogP contribution in [0, 0.1) is 0 Å². The van der Waals surface area contributed by atoms with E-state index in [1.54, 1.807) is 6.20 Å². The Balaban J connectivity index is 2.01. The summed E-state index contributed by atoms with van der Waals surface area (Å²) in [6, 6.07) is 1.92. The van der Waals surface area contributed by atoms with Crippen molar-refractivity contribution in [3.05, 3.63) is 24.0 Å². The third-order valence-corrected chi connectivity index (χ3v) is 3.02. The third kappa shape index (κ3) is 2.24. The summed E-state index contributed by atoms with van der Waals surface area (Å²) in [5.74, 6) is 0.381. The molecular formula is C11H15N3O2. The molecule has 0 saturated carbocycles. The summed E-state index contributed by atoms with van der Waals surface area (Å²) in [5, 5.41) is 8.83. The van der Waals surface area contributed by atoms with Crippen LogP contribution in [0.4, 0.5) is 10.5 Å². The second kappa shape index (κ2) is 4.38. The van der Waals surface area contributed by atoms with Gasteiger partial charge in [0, 0.05) is 25.5 Å². The van der Waals surface area contributed by atoms with Gasteiger partial charge < -0.3 is 15.7 Å². The van der Waals surface area contributed by atoms with Gasteiger partial charge in [-0.3, -0.25) is 4.98 Å². The molecule has 3 N–H and O–H groups in total. The lowest BCUT2D eigenvalue weighted by Gasteiger charge is -2.30. The topological polar surface area (TPSA) is 79.5 Å². The van der Waals surface area contributed by atoms with Gasteiger partial charge in [-0.1, -0.05) is 0 Å². The molecule has 0 aliphatic carbocycles. The Morgan fingerprint density at radius 1 is 1.44 bits per heavy atom. The number of amides is 1. The van der Waals surface area contributed by atoms with Gasteiger partial charge in [-0.25, -0.2) is 4.79 Å². The molecule has 5 nitrogen and oxygen atoms in total. The molecule has 1 saturated heterocycles. The molecule has 2 heterocycles. The highest BCUT2D eigenvalue weighted by Gasteiger charge is 2.23. The molecule has 0 bridgehead atoms. The highest BCUT2D eigenvalue weighted by Crippen LogP contribution is 2.28. The number of hydrogen-bond donors (Lipinski definition) is 2. The van der Waals surface area contributed by atoms with Crippen LogP contribution in [0.25, 0.3) is 0 Å². The molecule has 2 rings (SSSR count). The SMILES string of the molecule is Nc1cncc(C2CCN(C(=O)O)CC2)c1. The summed E-state index contributed by atoms with van der Waals surface area (Å²) >= 11 is 0. The van der Waals surface area contributed by atoms with Crippen LogP contribution in [0.1, 0.15) is 24.3 Å². The van der Waals surface area contributed by atoms with Crippen molar-refractivity contribution in [1.82, 2.24) is 9.88 Å². The molecule has 1 aromatic heterocycles. The molecule has 86 valence electrons. The van der Waals surface area contributed by atoms with Crippen molar-refractivity contribution in [2.75, 3.05) is 18.8 Å². The molecule has 0 aromatic carbocycles. The second-order valence-electron chi connectivity index (χ2n) is 4.10. The largest absolute Gasteiger partial charge is 0.465 e. The van der Waals surface area contributed by atoms with Crippen LogP contribution in [0.3, 0.4) is 0 Å². The van der Waals surface area contributed by atoms with Gasteiger partial charge in [0.25, 0.3) is 0 Å². The van der Waals surface area contributed by atoms with E-state index in [0.717, 1.165) is 18.4 Å². The van der Waals surface area contributed by atoms with E-state index >= 15 is 0 Å². The molecule has 1 aromatic rings. The zero-order chi connectivity index (χ0) is 11.5. The van der Waals surface area contributed by atoms with Gasteiger partial charge in [0.15, 0.2) is 0 Å². The molecule has 0 unspecified atom stereocenters. The average Bonchev–Trinajstić information content (AvgIpc) is 2.29. The number of carboxylic acid groups (broad SMARTS) is 1. The highest BCUT2D eigenvalue weighted by molar-refractivity contribution is 5.65. The number of aromatic nitrogens is 1. The first-order chi connectivity index (χ1) is 7.66. The maximum Gasteiger partial charge on any atom is 0.407 e. The first kappa shape index (κ1) is 10.7. The Labute approximate surface area is 93.9 Å². The minimum Gasteiger partial charge on any atom is -0.465 e. The van der Waals surface area contributed by atoms with E-state index in [1.165, 1.54) is 4.90 Å². The zero-order valence-corrected chi connectivity index (χ0v) is 8.97. The lowest BCUT2D eigenvalue weighted by atomic mass is 9.90. The third-order valence-electron chi connectivity index (χ3n) is 3.02. The van der Waals surface area contributed by atoms with Gasteiger partial charge in [-0.15, -0.1) is 0 Å². The van der Waals surface area contributed by atoms with Gasteiger partial charge >= 0.3 is 6.09 Å². The minimum atomic E-state index is -0.829. The number of nitrogens with two attached hydrogens (primary N) is 1. The predicted octanol–water partition coefficient (Wildman–Crippen LogP) is 1.52. The first-order valence-electron chi connectivity index (χ1n) is 5.35. The first-order valence-corrected chi connectivity index (χ1v) is 5.35. The smallest absolute Gasteiger partial charge is 0.407 e. The Morgan fingerprint density at radius 3 is 2.69 bits per heavy atom. The van der Waals surface area contributed by atoms with Crippen molar-refractivity contribution in [3.8, 4) is 0 Å². The minimum absolute atomic E-state index is 0.381. The van der Waals surface area contributed by atoms with Crippen molar-refractivity contribution in [2.24, 2.45) is 0 Å². The molecule has 16 heavy (non-hydrogen) atoms. The normalized spacial score (nSPS) is 17.4. The average molecular weight is 221 g/mol. The monoisotopic (exact) mass is 221 g/mol. The van der Waals surface area contributed by atoms with E-state index in [0.29, 0.717) is 24.7 Å². The van der Waals surface area contributed by atoms with Crippen LogP contribution >= 0.6 is 0 Å². The Morgan fingerprint density at radius 2 is 2.12 bits per heavy atom. The summed E-state index contributed by atoms with van der Waals surface area (Å²) in [4.78, 5) is 16.3. The van der Waals surface area contributed by atoms with Crippen molar-refractivity contribution < 1.29 is 9.90 Å². The molecule has 1 aliphatic heterocycles. The molecule has 1 fully saturated rings. The second-order valence-corrected chi connectivity index (χ2v) is 4.10. The fourth-order valence-electron chi connectivity index (χ4n) is 2.10. The molecule has 5 heteroatoms. The summed E-state index contributed by atoms with van der Waals surface area (Å²) in [6.07, 6.45) is 4.30. The summed E-state index contributed by atoms with van der Waals surface area (Å²) < 4.78 is 0. The van der Waals surface area contributed by atoms with Crippen LogP contribution in [0.15, 0.2) is 18.5 Å². The van der Waals surface area contributed by atoms with Gasteiger partial charge in [0.2, 0.25) is 0 Å². The van der Waals surface area contributed by atoms with E-state index in [2.05, 4.69) is 4.98 Å². The number of carbonyl (C=O) groups is 1. The molecule has 1 amide bonds. The standard InChI is InChI=1S/C11H15N3O2/c12-10-5-9(6-13-7-10)8-1-3-14(4-2-8)11(15)16/h5-8H,1-4,12H2,(H,15,16). The Hall–Kier alpha value is -1.78. The summed E-state index contributed by atoms with van der Waals surface area (Å²) in [6.45, 7) is 1.18. The maximum atomic E-state index is 10.7. The van der Waals surface area contributed by atoms with Gasteiger partial charge in [0.05, 0.1) is 5.69 Å². The highest BCUT2D eigenvalue weighted by atomic mass is 16.4. The van der Waals surface area contributed by atoms with Crippen LogP contribution in [-0.4, -0.2) is 34.2 Å². The lowest BCUT2D eigenvalue weighted by molar-refractivity contribution is 0.132. The Kier molecular flexibility index (Phi) is 2.94.